The SMILES string of the molecule is CCOC(=O)c1cnn(-c2cccc(-c3cccc(O[C@@H](C)C4CCCCC4)c3F)c2)c1[C@@H]1C[C@H]1c1cn(C)nn1. The first kappa shape index (κ1) is 27.2. The van der Waals surface area contributed by atoms with E-state index in [1.807, 2.05) is 43.6 Å². The van der Waals surface area contributed by atoms with E-state index in [9.17, 15) is 4.79 Å². The van der Waals surface area contributed by atoms with Gasteiger partial charge < -0.3 is 9.47 Å². The van der Waals surface area contributed by atoms with Crippen LogP contribution in [0.3, 0.4) is 0 Å². The highest BCUT2D eigenvalue weighted by Crippen LogP contribution is 2.55. The van der Waals surface area contributed by atoms with Crippen LogP contribution in [0.4, 0.5) is 4.39 Å². The van der Waals surface area contributed by atoms with Crippen LogP contribution in [-0.4, -0.2) is 43.5 Å². The van der Waals surface area contributed by atoms with Crippen molar-refractivity contribution in [3.63, 3.8) is 0 Å². The molecule has 2 aromatic heterocycles. The van der Waals surface area contributed by atoms with E-state index in [0.717, 1.165) is 36.3 Å². The van der Waals surface area contributed by atoms with Crippen molar-refractivity contribution in [3.05, 3.63) is 77.6 Å². The average Bonchev–Trinajstić information content (AvgIpc) is 3.43. The fourth-order valence-electron chi connectivity index (χ4n) is 6.18. The Morgan fingerprint density at radius 3 is 2.68 bits per heavy atom. The molecule has 0 N–H and O–H groups in total. The Kier molecular flexibility index (Phi) is 7.60. The largest absolute Gasteiger partial charge is 0.487 e. The number of carbonyl (C=O) groups excluding carboxylic acids is 1. The Morgan fingerprint density at radius 1 is 1.12 bits per heavy atom. The first-order chi connectivity index (χ1) is 19.9. The van der Waals surface area contributed by atoms with Crippen molar-refractivity contribution in [1.82, 2.24) is 24.8 Å². The number of aromatic nitrogens is 5. The summed E-state index contributed by atoms with van der Waals surface area (Å²) in [6.45, 7) is 4.11. The van der Waals surface area contributed by atoms with Crippen LogP contribution in [0.2, 0.25) is 0 Å². The first-order valence-corrected chi connectivity index (χ1v) is 14.6. The summed E-state index contributed by atoms with van der Waals surface area (Å²) in [6.07, 6.45) is 10.2. The van der Waals surface area contributed by atoms with E-state index < -0.39 is 5.97 Å². The summed E-state index contributed by atoms with van der Waals surface area (Å²) in [4.78, 5) is 12.9. The third-order valence-electron chi connectivity index (χ3n) is 8.44. The molecule has 41 heavy (non-hydrogen) atoms. The molecular weight excluding hydrogens is 521 g/mol. The van der Waals surface area contributed by atoms with Crippen LogP contribution in [0.1, 0.15) is 86.0 Å². The summed E-state index contributed by atoms with van der Waals surface area (Å²) in [5.74, 6) is 0.123. The number of benzene rings is 2. The molecule has 2 saturated carbocycles. The van der Waals surface area contributed by atoms with Gasteiger partial charge in [-0.25, -0.2) is 13.9 Å². The number of aryl methyl sites for hydroxylation is 1. The van der Waals surface area contributed by atoms with Crippen molar-refractivity contribution in [2.45, 2.75) is 70.3 Å². The lowest BCUT2D eigenvalue weighted by Gasteiger charge is -2.28. The minimum absolute atomic E-state index is 0.0343. The third-order valence-corrected chi connectivity index (χ3v) is 8.44. The van der Waals surface area contributed by atoms with Crippen LogP contribution < -0.4 is 4.74 Å². The maximum absolute atomic E-state index is 15.8. The molecule has 2 aliphatic rings. The first-order valence-electron chi connectivity index (χ1n) is 14.6. The molecule has 2 fully saturated rings. The van der Waals surface area contributed by atoms with E-state index in [0.29, 0.717) is 22.6 Å². The van der Waals surface area contributed by atoms with Gasteiger partial charge in [-0.1, -0.05) is 48.7 Å². The van der Waals surface area contributed by atoms with E-state index in [1.54, 1.807) is 34.6 Å². The second-order valence-electron chi connectivity index (χ2n) is 11.2. The molecule has 0 amide bonds. The molecule has 4 aromatic rings. The molecule has 2 heterocycles. The topological polar surface area (TPSA) is 84.1 Å². The summed E-state index contributed by atoms with van der Waals surface area (Å²) in [5, 5.41) is 13.0. The Labute approximate surface area is 239 Å². The highest BCUT2D eigenvalue weighted by Gasteiger charge is 2.46. The zero-order valence-corrected chi connectivity index (χ0v) is 23.8. The Hall–Kier alpha value is -4.01. The van der Waals surface area contributed by atoms with Gasteiger partial charge in [-0.15, -0.1) is 5.10 Å². The average molecular weight is 558 g/mol. The molecule has 9 heteroatoms. The van der Waals surface area contributed by atoms with Crippen molar-refractivity contribution < 1.29 is 18.7 Å². The molecule has 2 aromatic carbocycles. The molecule has 214 valence electrons. The summed E-state index contributed by atoms with van der Waals surface area (Å²) < 4.78 is 30.8. The van der Waals surface area contributed by atoms with E-state index in [2.05, 4.69) is 22.3 Å². The Morgan fingerprint density at radius 2 is 1.93 bits per heavy atom. The number of hydrogen-bond acceptors (Lipinski definition) is 6. The van der Waals surface area contributed by atoms with Gasteiger partial charge in [-0.2, -0.15) is 5.10 Å². The lowest BCUT2D eigenvalue weighted by molar-refractivity contribution is 0.0525. The van der Waals surface area contributed by atoms with Crippen molar-refractivity contribution >= 4 is 5.97 Å². The van der Waals surface area contributed by atoms with Gasteiger partial charge in [0.05, 0.1) is 36.0 Å². The van der Waals surface area contributed by atoms with Crippen LogP contribution >= 0.6 is 0 Å². The molecule has 0 saturated heterocycles. The van der Waals surface area contributed by atoms with Crippen LogP contribution in [-0.2, 0) is 11.8 Å². The minimum atomic E-state index is -0.405. The molecule has 0 spiro atoms. The molecule has 0 bridgehead atoms. The van der Waals surface area contributed by atoms with E-state index >= 15 is 4.39 Å². The van der Waals surface area contributed by atoms with Gasteiger partial charge in [0.15, 0.2) is 11.6 Å². The fourth-order valence-corrected chi connectivity index (χ4v) is 6.18. The lowest BCUT2D eigenvalue weighted by atomic mass is 9.86. The zero-order valence-electron chi connectivity index (χ0n) is 23.8. The zero-order chi connectivity index (χ0) is 28.5. The van der Waals surface area contributed by atoms with Crippen LogP contribution in [0.25, 0.3) is 16.8 Å². The highest BCUT2D eigenvalue weighted by atomic mass is 19.1. The molecule has 0 radical (unpaired) electrons. The standard InChI is InChI=1S/C32H36FN5O3/c1-4-40-32(39)27-18-34-38(31(27)26-17-25(26)28-19-37(3)36-35-28)23-13-8-12-22(16-23)24-14-9-15-29(30(24)33)41-20(2)21-10-6-5-7-11-21/h8-9,12-16,18-21,25-26H,4-7,10-11,17H2,1-3H3/t20-,25+,26+/m0/s1. The summed E-state index contributed by atoms with van der Waals surface area (Å²) in [7, 11) is 1.84. The van der Waals surface area contributed by atoms with E-state index in [1.165, 1.54) is 19.3 Å². The second-order valence-corrected chi connectivity index (χ2v) is 11.2. The lowest BCUT2D eigenvalue weighted by Crippen LogP contribution is -2.26. The summed E-state index contributed by atoms with van der Waals surface area (Å²) >= 11 is 0. The molecular formula is C32H36FN5O3. The molecule has 0 aliphatic heterocycles. The number of halogens is 1. The quantitative estimate of drug-likeness (QED) is 0.216. The van der Waals surface area contributed by atoms with E-state index in [-0.39, 0.29) is 36.1 Å². The van der Waals surface area contributed by atoms with Crippen LogP contribution in [0.15, 0.2) is 54.9 Å². The van der Waals surface area contributed by atoms with Gasteiger partial charge in [0.2, 0.25) is 0 Å². The third kappa shape index (κ3) is 5.49. The summed E-state index contributed by atoms with van der Waals surface area (Å²) in [5.41, 5.74) is 4.00. The molecule has 0 unspecified atom stereocenters. The van der Waals surface area contributed by atoms with Crippen LogP contribution in [0, 0.1) is 11.7 Å². The Bertz CT molecular complexity index is 1540. The number of esters is 1. The monoisotopic (exact) mass is 557 g/mol. The van der Waals surface area contributed by atoms with Crippen molar-refractivity contribution in [2.75, 3.05) is 6.61 Å². The second kappa shape index (κ2) is 11.5. The normalized spacial score (nSPS) is 19.6. The van der Waals surface area contributed by atoms with Gasteiger partial charge in [-0.3, -0.25) is 4.68 Å². The molecule has 8 nitrogen and oxygen atoms in total. The van der Waals surface area contributed by atoms with Gasteiger partial charge in [0.1, 0.15) is 5.56 Å². The number of carbonyl (C=O) groups is 1. The molecule has 6 rings (SSSR count). The maximum Gasteiger partial charge on any atom is 0.341 e. The van der Waals surface area contributed by atoms with E-state index in [4.69, 9.17) is 9.47 Å². The van der Waals surface area contributed by atoms with Gasteiger partial charge in [0, 0.05) is 30.6 Å². The maximum atomic E-state index is 15.8. The predicted octanol–water partition coefficient (Wildman–Crippen LogP) is 6.60. The van der Waals surface area contributed by atoms with Gasteiger partial charge >= 0.3 is 5.97 Å². The summed E-state index contributed by atoms with van der Waals surface area (Å²) in [6, 6.07) is 12.9. The minimum Gasteiger partial charge on any atom is -0.487 e. The number of hydrogen-bond donors (Lipinski definition) is 0. The number of nitrogens with zero attached hydrogens (tertiary/aromatic N) is 5. The van der Waals surface area contributed by atoms with Gasteiger partial charge in [0.25, 0.3) is 0 Å². The van der Waals surface area contributed by atoms with Crippen LogP contribution in [0.5, 0.6) is 5.75 Å². The van der Waals surface area contributed by atoms with Gasteiger partial charge in [-0.05, 0) is 62.8 Å². The fraction of sp³-hybridized carbons (Fsp3) is 0.438. The number of ether oxygens (including phenoxy) is 2. The van der Waals surface area contributed by atoms with Crippen molar-refractivity contribution in [3.8, 4) is 22.6 Å². The van der Waals surface area contributed by atoms with Crippen molar-refractivity contribution in [2.24, 2.45) is 13.0 Å². The molecule has 3 atom stereocenters. The molecule has 2 aliphatic carbocycles. The predicted molar refractivity (Wildman–Crippen MR) is 153 cm³/mol. The Balaban J connectivity index is 1.32. The number of rotatable bonds is 9. The highest BCUT2D eigenvalue weighted by molar-refractivity contribution is 5.91. The smallest absolute Gasteiger partial charge is 0.341 e. The van der Waals surface area contributed by atoms with Crippen molar-refractivity contribution in [1.29, 1.82) is 0 Å².